The van der Waals surface area contributed by atoms with Gasteiger partial charge < -0.3 is 4.90 Å². The number of nitrogens with zero attached hydrogens (tertiary/aromatic N) is 2. The molecule has 2 atom stereocenters. The molecule has 3 rings (SSSR count). The highest BCUT2D eigenvalue weighted by molar-refractivity contribution is 9.10. The molecule has 1 aromatic rings. The second kappa shape index (κ2) is 3.23. The summed E-state index contributed by atoms with van der Waals surface area (Å²) in [6, 6.07) is 6.67. The summed E-state index contributed by atoms with van der Waals surface area (Å²) in [4.78, 5) is 4.89. The largest absolute Gasteiger partial charge is 0.358 e. The van der Waals surface area contributed by atoms with Crippen LogP contribution in [0.5, 0.6) is 0 Å². The van der Waals surface area contributed by atoms with Gasteiger partial charge in [-0.3, -0.25) is 4.90 Å². The number of anilines is 1. The molecule has 2 aliphatic rings. The number of likely N-dealkylation sites (N-methyl/N-ethyl adjacent to an activating group) is 2. The van der Waals surface area contributed by atoms with Crippen LogP contribution in [-0.2, 0) is 5.41 Å². The van der Waals surface area contributed by atoms with Gasteiger partial charge in [0.1, 0.15) is 0 Å². The monoisotopic (exact) mass is 280 g/mol. The molecule has 16 heavy (non-hydrogen) atoms. The van der Waals surface area contributed by atoms with E-state index in [0.717, 1.165) is 0 Å². The third-order valence-electron chi connectivity index (χ3n) is 4.29. The first-order chi connectivity index (χ1) is 7.54. The lowest BCUT2D eigenvalue weighted by Gasteiger charge is -2.32. The van der Waals surface area contributed by atoms with E-state index in [1.54, 1.807) is 0 Å². The van der Waals surface area contributed by atoms with E-state index in [4.69, 9.17) is 0 Å². The number of hydrogen-bond acceptors (Lipinski definition) is 2. The van der Waals surface area contributed by atoms with Gasteiger partial charge in [0.15, 0.2) is 0 Å². The highest BCUT2D eigenvalue weighted by atomic mass is 79.9. The van der Waals surface area contributed by atoms with Crippen LogP contribution in [0.2, 0.25) is 0 Å². The molecule has 2 nitrogen and oxygen atoms in total. The summed E-state index contributed by atoms with van der Waals surface area (Å²) < 4.78 is 1.19. The minimum Gasteiger partial charge on any atom is -0.358 e. The van der Waals surface area contributed by atoms with Crippen LogP contribution in [0.25, 0.3) is 0 Å². The summed E-state index contributed by atoms with van der Waals surface area (Å²) in [5.74, 6) is 0. The number of fused-ring (bicyclic) bond motifs is 3. The first-order valence-corrected chi connectivity index (χ1v) is 6.56. The molecule has 0 saturated carbocycles. The van der Waals surface area contributed by atoms with E-state index in [1.165, 1.54) is 28.7 Å². The van der Waals surface area contributed by atoms with Crippen LogP contribution in [0.3, 0.4) is 0 Å². The van der Waals surface area contributed by atoms with E-state index in [2.05, 4.69) is 64.9 Å². The van der Waals surface area contributed by atoms with Crippen LogP contribution in [0.1, 0.15) is 18.9 Å². The summed E-state index contributed by atoms with van der Waals surface area (Å²) >= 11 is 3.59. The molecule has 0 unspecified atom stereocenters. The fraction of sp³-hybridized carbons (Fsp3) is 0.538. The predicted octanol–water partition coefficient (Wildman–Crippen LogP) is 2.82. The van der Waals surface area contributed by atoms with Crippen molar-refractivity contribution in [1.29, 1.82) is 0 Å². The smallest absolute Gasteiger partial charge is 0.0911 e. The van der Waals surface area contributed by atoms with Gasteiger partial charge in [-0.1, -0.05) is 22.9 Å². The normalized spacial score (nSPS) is 33.0. The molecule has 2 aliphatic heterocycles. The fourth-order valence-corrected chi connectivity index (χ4v) is 3.91. The van der Waals surface area contributed by atoms with Gasteiger partial charge in [-0.2, -0.15) is 0 Å². The summed E-state index contributed by atoms with van der Waals surface area (Å²) in [5.41, 5.74) is 3.18. The van der Waals surface area contributed by atoms with Crippen molar-refractivity contribution in [3.63, 3.8) is 0 Å². The summed E-state index contributed by atoms with van der Waals surface area (Å²) in [5, 5.41) is 0. The fourth-order valence-electron chi connectivity index (χ4n) is 3.55. The molecule has 0 radical (unpaired) electrons. The van der Waals surface area contributed by atoms with Crippen LogP contribution < -0.4 is 4.90 Å². The number of hydrogen-bond donors (Lipinski definition) is 0. The standard InChI is InChI=1S/C13H17BrN2/c1-13-6-7-15(2)12(13)16(3)11-5-4-9(14)8-10(11)13/h4-5,8,12H,6-7H2,1-3H3/t12-,13+/m1/s1. The molecule has 0 aromatic heterocycles. The van der Waals surface area contributed by atoms with Crippen LogP contribution in [0, 0.1) is 0 Å². The van der Waals surface area contributed by atoms with E-state index in [1.807, 2.05) is 0 Å². The van der Waals surface area contributed by atoms with Crippen molar-refractivity contribution >= 4 is 21.6 Å². The maximum atomic E-state index is 3.59. The molecule has 1 saturated heterocycles. The predicted molar refractivity (Wildman–Crippen MR) is 70.9 cm³/mol. The maximum Gasteiger partial charge on any atom is 0.0911 e. The third-order valence-corrected chi connectivity index (χ3v) is 4.79. The van der Waals surface area contributed by atoms with E-state index < -0.39 is 0 Å². The van der Waals surface area contributed by atoms with Gasteiger partial charge in [0, 0.05) is 29.2 Å². The maximum absolute atomic E-state index is 3.59. The number of likely N-dealkylation sites (tertiary alicyclic amines) is 1. The number of benzene rings is 1. The molecule has 1 fully saturated rings. The molecule has 0 aliphatic carbocycles. The third kappa shape index (κ3) is 1.16. The van der Waals surface area contributed by atoms with Gasteiger partial charge in [-0.05, 0) is 37.2 Å². The van der Waals surface area contributed by atoms with Crippen molar-refractivity contribution in [2.24, 2.45) is 0 Å². The Hall–Kier alpha value is -0.540. The first-order valence-electron chi connectivity index (χ1n) is 5.77. The van der Waals surface area contributed by atoms with Crippen LogP contribution in [0.15, 0.2) is 22.7 Å². The van der Waals surface area contributed by atoms with Crippen molar-refractivity contribution in [3.05, 3.63) is 28.2 Å². The number of rotatable bonds is 0. The zero-order valence-electron chi connectivity index (χ0n) is 10.00. The van der Waals surface area contributed by atoms with Gasteiger partial charge in [0.05, 0.1) is 6.17 Å². The van der Waals surface area contributed by atoms with Gasteiger partial charge in [0.25, 0.3) is 0 Å². The molecule has 0 bridgehead atoms. The van der Waals surface area contributed by atoms with Crippen molar-refractivity contribution in [3.8, 4) is 0 Å². The number of halogens is 1. The zero-order chi connectivity index (χ0) is 11.5. The minimum atomic E-state index is 0.294. The Labute approximate surface area is 105 Å². The van der Waals surface area contributed by atoms with E-state index in [-0.39, 0.29) is 0 Å². The highest BCUT2D eigenvalue weighted by Gasteiger charge is 2.51. The zero-order valence-corrected chi connectivity index (χ0v) is 11.6. The molecule has 1 aromatic carbocycles. The molecular formula is C13H17BrN2. The molecule has 0 N–H and O–H groups in total. The summed E-state index contributed by atoms with van der Waals surface area (Å²) in [6.07, 6.45) is 1.78. The van der Waals surface area contributed by atoms with Gasteiger partial charge in [-0.15, -0.1) is 0 Å². The Kier molecular flexibility index (Phi) is 2.14. The minimum absolute atomic E-state index is 0.294. The van der Waals surface area contributed by atoms with Gasteiger partial charge in [0.2, 0.25) is 0 Å². The second-order valence-corrected chi connectivity index (χ2v) is 6.21. The van der Waals surface area contributed by atoms with Crippen molar-refractivity contribution in [2.45, 2.75) is 24.9 Å². The van der Waals surface area contributed by atoms with Crippen molar-refractivity contribution in [1.82, 2.24) is 4.90 Å². The van der Waals surface area contributed by atoms with Crippen LogP contribution in [-0.4, -0.2) is 31.7 Å². The quantitative estimate of drug-likeness (QED) is 0.721. The van der Waals surface area contributed by atoms with Crippen molar-refractivity contribution in [2.75, 3.05) is 25.5 Å². The highest BCUT2D eigenvalue weighted by Crippen LogP contribution is 2.51. The van der Waals surface area contributed by atoms with Crippen molar-refractivity contribution < 1.29 is 0 Å². The first kappa shape index (κ1) is 10.6. The van der Waals surface area contributed by atoms with Crippen LogP contribution in [0.4, 0.5) is 5.69 Å². The van der Waals surface area contributed by atoms with Gasteiger partial charge in [-0.25, -0.2) is 0 Å². The lowest BCUT2D eigenvalue weighted by atomic mass is 9.81. The molecular weight excluding hydrogens is 264 g/mol. The molecule has 0 spiro atoms. The van der Waals surface area contributed by atoms with Gasteiger partial charge >= 0.3 is 0 Å². The molecule has 3 heteroatoms. The lowest BCUT2D eigenvalue weighted by molar-refractivity contribution is 0.268. The summed E-state index contributed by atoms with van der Waals surface area (Å²) in [7, 11) is 4.44. The second-order valence-electron chi connectivity index (χ2n) is 5.29. The molecule has 0 amide bonds. The lowest BCUT2D eigenvalue weighted by Crippen LogP contribution is -2.45. The van der Waals surface area contributed by atoms with E-state index >= 15 is 0 Å². The Morgan fingerprint density at radius 3 is 2.88 bits per heavy atom. The Morgan fingerprint density at radius 1 is 1.38 bits per heavy atom. The average molecular weight is 281 g/mol. The molecule has 86 valence electrons. The van der Waals surface area contributed by atoms with E-state index in [0.29, 0.717) is 11.6 Å². The average Bonchev–Trinajstić information content (AvgIpc) is 2.65. The Bertz CT molecular complexity index is 446. The SMILES string of the molecule is CN1CC[C@@]2(C)c3cc(Br)ccc3N(C)[C@@H]12. The molecule has 2 heterocycles. The Morgan fingerprint density at radius 2 is 2.12 bits per heavy atom. The van der Waals surface area contributed by atoms with E-state index in [9.17, 15) is 0 Å². The Balaban J connectivity index is 2.20. The summed E-state index contributed by atoms with van der Waals surface area (Å²) in [6.45, 7) is 3.59. The topological polar surface area (TPSA) is 6.48 Å². The van der Waals surface area contributed by atoms with Crippen LogP contribution >= 0.6 is 15.9 Å².